The van der Waals surface area contributed by atoms with Crippen LogP contribution >= 0.6 is 23.2 Å². The van der Waals surface area contributed by atoms with Gasteiger partial charge in [-0.25, -0.2) is 13.1 Å². The molecule has 7 heteroatoms. The molecule has 2 rings (SSSR count). The molecular weight excluding hydrogens is 295 g/mol. The summed E-state index contributed by atoms with van der Waals surface area (Å²) >= 11 is 11.6. The van der Waals surface area contributed by atoms with Crippen molar-refractivity contribution in [2.45, 2.75) is 23.8 Å². The van der Waals surface area contributed by atoms with Crippen molar-refractivity contribution in [2.24, 2.45) is 11.7 Å². The zero-order valence-corrected chi connectivity index (χ0v) is 11.9. The van der Waals surface area contributed by atoms with Crippen LogP contribution in [0.4, 0.5) is 0 Å². The molecule has 18 heavy (non-hydrogen) atoms. The summed E-state index contributed by atoms with van der Waals surface area (Å²) in [4.78, 5) is 0.107. The Bertz CT molecular complexity index is 544. The Hall–Kier alpha value is -0.330. The number of sulfonamides is 1. The van der Waals surface area contributed by atoms with Crippen molar-refractivity contribution in [3.05, 3.63) is 28.2 Å². The lowest BCUT2D eigenvalue weighted by atomic mass is 10.2. The first-order valence-corrected chi connectivity index (χ1v) is 7.85. The lowest BCUT2D eigenvalue weighted by Crippen LogP contribution is -2.41. The molecule has 1 aromatic rings. The minimum Gasteiger partial charge on any atom is -0.329 e. The van der Waals surface area contributed by atoms with Gasteiger partial charge in [-0.2, -0.15) is 0 Å². The van der Waals surface area contributed by atoms with Crippen LogP contribution in [0.3, 0.4) is 0 Å². The average Bonchev–Trinajstić information content (AvgIpc) is 3.13. The molecule has 0 saturated heterocycles. The molecule has 1 unspecified atom stereocenters. The number of rotatable bonds is 5. The van der Waals surface area contributed by atoms with Gasteiger partial charge in [0.2, 0.25) is 10.0 Å². The molecule has 0 radical (unpaired) electrons. The smallest absolute Gasteiger partial charge is 0.240 e. The number of nitrogens with two attached hydrogens (primary N) is 1. The fraction of sp³-hybridized carbons (Fsp3) is 0.455. The third-order valence-electron chi connectivity index (χ3n) is 2.95. The molecule has 1 fully saturated rings. The molecule has 0 amide bonds. The van der Waals surface area contributed by atoms with E-state index in [0.717, 1.165) is 12.8 Å². The quantitative estimate of drug-likeness (QED) is 0.874. The standard InChI is InChI=1S/C11H14Cl2N2O2S/c12-9-4-3-8(5-10(9)13)18(16,17)15-11(6-14)7-1-2-7/h3-5,7,11,15H,1-2,6,14H2. The summed E-state index contributed by atoms with van der Waals surface area (Å²) in [6, 6.07) is 4.03. The minimum absolute atomic E-state index is 0.107. The molecule has 4 nitrogen and oxygen atoms in total. The van der Waals surface area contributed by atoms with Crippen molar-refractivity contribution < 1.29 is 8.42 Å². The average molecular weight is 309 g/mol. The van der Waals surface area contributed by atoms with Crippen molar-refractivity contribution in [3.63, 3.8) is 0 Å². The highest BCUT2D eigenvalue weighted by Crippen LogP contribution is 2.33. The zero-order chi connectivity index (χ0) is 13.3. The molecule has 1 saturated carbocycles. The maximum Gasteiger partial charge on any atom is 0.240 e. The van der Waals surface area contributed by atoms with E-state index >= 15 is 0 Å². The van der Waals surface area contributed by atoms with E-state index in [4.69, 9.17) is 28.9 Å². The second-order valence-corrected chi connectivity index (χ2v) is 6.91. The van der Waals surface area contributed by atoms with Crippen LogP contribution in [0, 0.1) is 5.92 Å². The van der Waals surface area contributed by atoms with E-state index in [0.29, 0.717) is 17.5 Å². The van der Waals surface area contributed by atoms with Gasteiger partial charge in [0, 0.05) is 12.6 Å². The molecule has 100 valence electrons. The Labute approximate surface area is 117 Å². The van der Waals surface area contributed by atoms with Gasteiger partial charge in [-0.05, 0) is 37.0 Å². The van der Waals surface area contributed by atoms with Crippen molar-refractivity contribution >= 4 is 33.2 Å². The lowest BCUT2D eigenvalue weighted by molar-refractivity contribution is 0.519. The minimum atomic E-state index is -3.59. The molecule has 0 aliphatic heterocycles. The van der Waals surface area contributed by atoms with E-state index in [1.54, 1.807) is 0 Å². The lowest BCUT2D eigenvalue weighted by Gasteiger charge is -2.16. The van der Waals surface area contributed by atoms with E-state index < -0.39 is 10.0 Å². The van der Waals surface area contributed by atoms with Crippen LogP contribution in [0.5, 0.6) is 0 Å². The molecule has 1 aliphatic carbocycles. The molecule has 1 aliphatic rings. The maximum absolute atomic E-state index is 12.1. The SMILES string of the molecule is NCC(NS(=O)(=O)c1ccc(Cl)c(Cl)c1)C1CC1. The van der Waals surface area contributed by atoms with Crippen molar-refractivity contribution in [3.8, 4) is 0 Å². The predicted octanol–water partition coefficient (Wildman–Crippen LogP) is 2.01. The number of hydrogen-bond acceptors (Lipinski definition) is 3. The highest BCUT2D eigenvalue weighted by atomic mass is 35.5. The van der Waals surface area contributed by atoms with Crippen molar-refractivity contribution in [1.82, 2.24) is 4.72 Å². The van der Waals surface area contributed by atoms with Gasteiger partial charge in [0.15, 0.2) is 0 Å². The fourth-order valence-corrected chi connectivity index (χ4v) is 3.45. The van der Waals surface area contributed by atoms with Gasteiger partial charge < -0.3 is 5.73 Å². The van der Waals surface area contributed by atoms with E-state index in [1.165, 1.54) is 18.2 Å². The summed E-state index contributed by atoms with van der Waals surface area (Å²) in [5.41, 5.74) is 5.58. The molecule has 0 aromatic heterocycles. The number of nitrogens with one attached hydrogen (secondary N) is 1. The number of halogens is 2. The van der Waals surface area contributed by atoms with Gasteiger partial charge in [0.05, 0.1) is 14.9 Å². The van der Waals surface area contributed by atoms with Crippen LogP contribution in [0.25, 0.3) is 0 Å². The summed E-state index contributed by atoms with van der Waals surface area (Å²) in [7, 11) is -3.59. The Morgan fingerprint density at radius 2 is 2.00 bits per heavy atom. The van der Waals surface area contributed by atoms with Crippen LogP contribution in [-0.4, -0.2) is 21.0 Å². The van der Waals surface area contributed by atoms with Crippen LogP contribution < -0.4 is 10.5 Å². The van der Waals surface area contributed by atoms with E-state index in [9.17, 15) is 8.42 Å². The molecule has 0 heterocycles. The Morgan fingerprint density at radius 3 is 2.50 bits per heavy atom. The first-order valence-electron chi connectivity index (χ1n) is 5.61. The van der Waals surface area contributed by atoms with Gasteiger partial charge in [-0.1, -0.05) is 23.2 Å². The largest absolute Gasteiger partial charge is 0.329 e. The number of benzene rings is 1. The molecule has 0 bridgehead atoms. The first kappa shape index (κ1) is 14.1. The molecule has 0 spiro atoms. The second kappa shape index (κ2) is 5.35. The topological polar surface area (TPSA) is 72.2 Å². The predicted molar refractivity (Wildman–Crippen MR) is 72.3 cm³/mol. The molecule has 1 aromatic carbocycles. The highest BCUT2D eigenvalue weighted by molar-refractivity contribution is 7.89. The van der Waals surface area contributed by atoms with Crippen LogP contribution in [0.2, 0.25) is 10.0 Å². The highest BCUT2D eigenvalue weighted by Gasteiger charge is 2.33. The summed E-state index contributed by atoms with van der Waals surface area (Å²) < 4.78 is 26.9. The monoisotopic (exact) mass is 308 g/mol. The summed E-state index contributed by atoms with van der Waals surface area (Å²) in [6.07, 6.45) is 2.04. The first-order chi connectivity index (χ1) is 8.44. The van der Waals surface area contributed by atoms with Gasteiger partial charge >= 0.3 is 0 Å². The van der Waals surface area contributed by atoms with Crippen molar-refractivity contribution in [2.75, 3.05) is 6.54 Å². The zero-order valence-electron chi connectivity index (χ0n) is 9.57. The summed E-state index contributed by atoms with van der Waals surface area (Å²) in [6.45, 7) is 0.297. The maximum atomic E-state index is 12.1. The second-order valence-electron chi connectivity index (χ2n) is 4.38. The molecule has 1 atom stereocenters. The van der Waals surface area contributed by atoms with Gasteiger partial charge in [0.1, 0.15) is 0 Å². The Morgan fingerprint density at radius 1 is 1.33 bits per heavy atom. The van der Waals surface area contributed by atoms with Gasteiger partial charge in [-0.3, -0.25) is 0 Å². The van der Waals surface area contributed by atoms with Crippen LogP contribution in [-0.2, 0) is 10.0 Å². The van der Waals surface area contributed by atoms with Gasteiger partial charge in [-0.15, -0.1) is 0 Å². The van der Waals surface area contributed by atoms with Gasteiger partial charge in [0.25, 0.3) is 0 Å². The van der Waals surface area contributed by atoms with E-state index in [2.05, 4.69) is 4.72 Å². The molecule has 3 N–H and O–H groups in total. The third-order valence-corrected chi connectivity index (χ3v) is 5.18. The normalized spacial score (nSPS) is 17.7. The Balaban J connectivity index is 2.21. The third kappa shape index (κ3) is 3.16. The van der Waals surface area contributed by atoms with E-state index in [1.807, 2.05) is 0 Å². The fourth-order valence-electron chi connectivity index (χ4n) is 1.75. The number of hydrogen-bond donors (Lipinski definition) is 2. The Kier molecular flexibility index (Phi) is 4.18. The van der Waals surface area contributed by atoms with E-state index in [-0.39, 0.29) is 16.0 Å². The van der Waals surface area contributed by atoms with Crippen LogP contribution in [0.1, 0.15) is 12.8 Å². The van der Waals surface area contributed by atoms with Crippen molar-refractivity contribution in [1.29, 1.82) is 0 Å². The molecular formula is C11H14Cl2N2O2S. The summed E-state index contributed by atoms with van der Waals surface area (Å²) in [5, 5.41) is 0.545. The van der Waals surface area contributed by atoms with Crippen LogP contribution in [0.15, 0.2) is 23.1 Å². The summed E-state index contributed by atoms with van der Waals surface area (Å²) in [5.74, 6) is 0.354.